The number of hydrogen-bond acceptors (Lipinski definition) is 4. The molecule has 0 bridgehead atoms. The maximum absolute atomic E-state index is 11.0. The monoisotopic (exact) mass is 301 g/mol. The van der Waals surface area contributed by atoms with Crippen molar-refractivity contribution < 1.29 is 9.90 Å². The number of fused-ring (bicyclic) bond motifs is 1. The molecule has 0 aliphatic rings. The summed E-state index contributed by atoms with van der Waals surface area (Å²) in [5.41, 5.74) is 0.639. The molecule has 0 saturated heterocycles. The van der Waals surface area contributed by atoms with Crippen molar-refractivity contribution in [3.05, 3.63) is 58.8 Å². The molecule has 1 heterocycles. The summed E-state index contributed by atoms with van der Waals surface area (Å²) in [6.07, 6.45) is 0. The fourth-order valence-electron chi connectivity index (χ4n) is 1.90. The van der Waals surface area contributed by atoms with E-state index in [4.69, 9.17) is 5.11 Å². The molecule has 3 aromatic rings. The molecule has 0 fully saturated rings. The zero-order valence-corrected chi connectivity index (χ0v) is 12.0. The van der Waals surface area contributed by atoms with Crippen molar-refractivity contribution in [1.82, 2.24) is 0 Å². The number of anilines is 1. The number of rotatable bonds is 4. The molecular formula is C15H11NO2S2. The van der Waals surface area contributed by atoms with Gasteiger partial charge in [-0.15, -0.1) is 11.3 Å². The minimum Gasteiger partial charge on any atom is -0.477 e. The lowest BCUT2D eigenvalue weighted by Gasteiger charge is -2.06. The Morgan fingerprint density at radius 2 is 1.90 bits per heavy atom. The predicted molar refractivity (Wildman–Crippen MR) is 84.7 cm³/mol. The van der Waals surface area contributed by atoms with E-state index in [1.54, 1.807) is 11.4 Å². The summed E-state index contributed by atoms with van der Waals surface area (Å²) in [5.74, 6) is -0.901. The summed E-state index contributed by atoms with van der Waals surface area (Å²) >= 11 is 2.64. The van der Waals surface area contributed by atoms with Crippen molar-refractivity contribution in [2.75, 3.05) is 4.72 Å². The average molecular weight is 301 g/mol. The van der Waals surface area contributed by atoms with E-state index in [0.29, 0.717) is 10.6 Å². The average Bonchev–Trinajstić information content (AvgIpc) is 2.93. The quantitative estimate of drug-likeness (QED) is 0.685. The number of thiophene rings is 1. The van der Waals surface area contributed by atoms with Crippen LogP contribution in [0.1, 0.15) is 9.67 Å². The molecule has 2 aromatic carbocycles. The van der Waals surface area contributed by atoms with E-state index >= 15 is 0 Å². The lowest BCUT2D eigenvalue weighted by Crippen LogP contribution is -1.96. The number of carboxylic acids is 1. The highest BCUT2D eigenvalue weighted by molar-refractivity contribution is 8.00. The van der Waals surface area contributed by atoms with Crippen LogP contribution in [0.15, 0.2) is 58.8 Å². The highest BCUT2D eigenvalue weighted by atomic mass is 32.2. The van der Waals surface area contributed by atoms with Gasteiger partial charge < -0.3 is 9.83 Å². The van der Waals surface area contributed by atoms with E-state index in [9.17, 15) is 4.79 Å². The molecule has 3 rings (SSSR count). The summed E-state index contributed by atoms with van der Waals surface area (Å²) in [6, 6.07) is 16.1. The standard InChI is InChI=1S/C15H11NO2S2/c17-15(18)14-13(7-8-19-14)16-20-12-6-5-10-3-1-2-4-11(10)9-12/h1-9,16H,(H,17,18). The van der Waals surface area contributed by atoms with Crippen LogP contribution in [0.5, 0.6) is 0 Å². The minimum atomic E-state index is -0.901. The third-order valence-corrected chi connectivity index (χ3v) is 4.57. The molecule has 3 nitrogen and oxygen atoms in total. The molecule has 100 valence electrons. The largest absolute Gasteiger partial charge is 0.477 e. The number of aromatic carboxylic acids is 1. The molecule has 0 aliphatic heterocycles. The molecule has 5 heteroatoms. The van der Waals surface area contributed by atoms with Crippen LogP contribution in [0, 0.1) is 0 Å². The third kappa shape index (κ3) is 2.64. The summed E-state index contributed by atoms with van der Waals surface area (Å²) in [6.45, 7) is 0. The van der Waals surface area contributed by atoms with Crippen molar-refractivity contribution >= 4 is 45.7 Å². The molecule has 0 saturated carbocycles. The fraction of sp³-hybridized carbons (Fsp3) is 0. The van der Waals surface area contributed by atoms with E-state index in [1.165, 1.54) is 34.1 Å². The Balaban J connectivity index is 1.79. The topological polar surface area (TPSA) is 49.3 Å². The smallest absolute Gasteiger partial charge is 0.348 e. The molecule has 0 aliphatic carbocycles. The van der Waals surface area contributed by atoms with Gasteiger partial charge in [-0.1, -0.05) is 30.3 Å². The molecule has 2 N–H and O–H groups in total. The van der Waals surface area contributed by atoms with Crippen LogP contribution in [0.25, 0.3) is 10.8 Å². The van der Waals surface area contributed by atoms with Gasteiger partial charge in [-0.2, -0.15) is 0 Å². The van der Waals surface area contributed by atoms with Crippen LogP contribution in [0.4, 0.5) is 5.69 Å². The molecule has 0 radical (unpaired) electrons. The molecule has 0 amide bonds. The van der Waals surface area contributed by atoms with Gasteiger partial charge in [0.1, 0.15) is 4.88 Å². The van der Waals surface area contributed by atoms with Gasteiger partial charge >= 0.3 is 5.97 Å². The van der Waals surface area contributed by atoms with Crippen LogP contribution in [-0.4, -0.2) is 11.1 Å². The van der Waals surface area contributed by atoms with Gasteiger partial charge in [0.05, 0.1) is 5.69 Å². The second kappa shape index (κ2) is 5.56. The van der Waals surface area contributed by atoms with Gasteiger partial charge in [-0.05, 0) is 46.3 Å². The lowest BCUT2D eigenvalue weighted by molar-refractivity contribution is 0.0703. The molecule has 0 spiro atoms. The summed E-state index contributed by atoms with van der Waals surface area (Å²) < 4.78 is 3.10. The molecule has 0 unspecified atom stereocenters. The maximum atomic E-state index is 11.0. The Morgan fingerprint density at radius 3 is 2.70 bits per heavy atom. The van der Waals surface area contributed by atoms with Gasteiger partial charge in [0.2, 0.25) is 0 Å². The fourth-order valence-corrected chi connectivity index (χ4v) is 3.37. The first-order valence-electron chi connectivity index (χ1n) is 5.96. The third-order valence-electron chi connectivity index (χ3n) is 2.86. The number of benzene rings is 2. The highest BCUT2D eigenvalue weighted by Gasteiger charge is 2.11. The summed E-state index contributed by atoms with van der Waals surface area (Å²) in [4.78, 5) is 12.4. The van der Waals surface area contributed by atoms with Gasteiger partial charge in [0.15, 0.2) is 0 Å². The predicted octanol–water partition coefficient (Wildman–Crippen LogP) is 4.72. The van der Waals surface area contributed by atoms with Crippen LogP contribution < -0.4 is 4.72 Å². The van der Waals surface area contributed by atoms with Crippen molar-refractivity contribution in [1.29, 1.82) is 0 Å². The maximum Gasteiger partial charge on any atom is 0.348 e. The zero-order chi connectivity index (χ0) is 13.9. The Bertz CT molecular complexity index is 767. The number of hydrogen-bond donors (Lipinski definition) is 2. The van der Waals surface area contributed by atoms with Crippen LogP contribution in [0.3, 0.4) is 0 Å². The summed E-state index contributed by atoms with van der Waals surface area (Å²) in [5, 5.41) is 13.2. The molecule has 20 heavy (non-hydrogen) atoms. The second-order valence-electron chi connectivity index (χ2n) is 4.18. The second-order valence-corrected chi connectivity index (χ2v) is 5.98. The minimum absolute atomic E-state index is 0.332. The number of carbonyl (C=O) groups is 1. The Labute approximate surface area is 124 Å². The zero-order valence-electron chi connectivity index (χ0n) is 10.4. The van der Waals surface area contributed by atoms with Crippen LogP contribution in [-0.2, 0) is 0 Å². The summed E-state index contributed by atoms with van der Waals surface area (Å²) in [7, 11) is 0. The number of nitrogens with one attached hydrogen (secondary N) is 1. The first-order chi connectivity index (χ1) is 9.74. The highest BCUT2D eigenvalue weighted by Crippen LogP contribution is 2.29. The normalized spacial score (nSPS) is 10.6. The Kier molecular flexibility index (Phi) is 3.62. The van der Waals surface area contributed by atoms with Gasteiger partial charge in [-0.25, -0.2) is 4.79 Å². The van der Waals surface area contributed by atoms with E-state index in [-0.39, 0.29) is 0 Å². The molecule has 0 atom stereocenters. The van der Waals surface area contributed by atoms with Crippen molar-refractivity contribution in [3.63, 3.8) is 0 Å². The van der Waals surface area contributed by atoms with E-state index in [0.717, 1.165) is 4.90 Å². The number of carboxylic acid groups (broad SMARTS) is 1. The van der Waals surface area contributed by atoms with E-state index < -0.39 is 5.97 Å². The SMILES string of the molecule is O=C(O)c1sccc1NSc1ccc2ccccc2c1. The van der Waals surface area contributed by atoms with Crippen molar-refractivity contribution in [2.24, 2.45) is 0 Å². The van der Waals surface area contributed by atoms with Gasteiger partial charge in [-0.3, -0.25) is 0 Å². The van der Waals surface area contributed by atoms with E-state index in [2.05, 4.69) is 29.0 Å². The van der Waals surface area contributed by atoms with Crippen LogP contribution >= 0.6 is 23.3 Å². The van der Waals surface area contributed by atoms with Crippen molar-refractivity contribution in [3.8, 4) is 0 Å². The Hall–Kier alpha value is -1.98. The van der Waals surface area contributed by atoms with E-state index in [1.807, 2.05) is 18.2 Å². The van der Waals surface area contributed by atoms with Crippen molar-refractivity contribution in [2.45, 2.75) is 4.90 Å². The molecule has 1 aromatic heterocycles. The first kappa shape index (κ1) is 13.0. The van der Waals surface area contributed by atoms with Crippen LogP contribution in [0.2, 0.25) is 0 Å². The Morgan fingerprint density at radius 1 is 1.10 bits per heavy atom. The van der Waals surface area contributed by atoms with Gasteiger partial charge in [0.25, 0.3) is 0 Å². The molecular weight excluding hydrogens is 290 g/mol. The van der Waals surface area contributed by atoms with Gasteiger partial charge in [0, 0.05) is 4.90 Å². The lowest BCUT2D eigenvalue weighted by atomic mass is 10.1. The first-order valence-corrected chi connectivity index (χ1v) is 7.66.